The van der Waals surface area contributed by atoms with Gasteiger partial charge in [-0.1, -0.05) is 19.4 Å². The van der Waals surface area contributed by atoms with Crippen molar-refractivity contribution < 1.29 is 0 Å². The van der Waals surface area contributed by atoms with Gasteiger partial charge in [-0.05, 0) is 33.1 Å². The molecule has 1 saturated heterocycles. The first-order valence-electron chi connectivity index (χ1n) is 5.60. The van der Waals surface area contributed by atoms with E-state index in [4.69, 9.17) is 0 Å². The van der Waals surface area contributed by atoms with E-state index < -0.39 is 0 Å². The minimum absolute atomic E-state index is 0.728. The van der Waals surface area contributed by atoms with Crippen LogP contribution in [0.4, 0.5) is 0 Å². The minimum atomic E-state index is 0.728. The van der Waals surface area contributed by atoms with Crippen LogP contribution in [-0.2, 0) is 0 Å². The van der Waals surface area contributed by atoms with Crippen LogP contribution < -0.4 is 0 Å². The number of hydrogen-bond acceptors (Lipinski definition) is 1. The molecule has 1 rings (SSSR count). The summed E-state index contributed by atoms with van der Waals surface area (Å²) < 4.78 is 0. The third-order valence-electron chi connectivity index (χ3n) is 2.97. The summed E-state index contributed by atoms with van der Waals surface area (Å²) in [6.07, 6.45) is 7.22. The van der Waals surface area contributed by atoms with Gasteiger partial charge >= 0.3 is 0 Å². The molecule has 1 fully saturated rings. The molecule has 0 spiro atoms. The van der Waals surface area contributed by atoms with Crippen LogP contribution >= 0.6 is 0 Å². The highest BCUT2D eigenvalue weighted by Crippen LogP contribution is 2.37. The maximum Gasteiger partial charge on any atom is 0.0261 e. The van der Waals surface area contributed by atoms with E-state index in [0.29, 0.717) is 0 Å². The van der Waals surface area contributed by atoms with E-state index in [1.807, 2.05) is 6.08 Å². The summed E-state index contributed by atoms with van der Waals surface area (Å²) in [7, 11) is 0. The molecule has 1 heteroatoms. The SMILES string of the molecule is C=CCC[C@H]1[C@@H](CCC)N1C(C)C. The average Bonchev–Trinajstić information content (AvgIpc) is 2.76. The molecule has 0 N–H and O–H groups in total. The Bertz CT molecular complexity index is 163. The van der Waals surface area contributed by atoms with E-state index in [2.05, 4.69) is 32.3 Å². The second kappa shape index (κ2) is 4.80. The molecule has 1 nitrogen and oxygen atoms in total. The molecule has 1 aliphatic heterocycles. The zero-order chi connectivity index (χ0) is 9.84. The summed E-state index contributed by atoms with van der Waals surface area (Å²) in [5.74, 6) is 0. The molecule has 1 aliphatic rings. The fourth-order valence-corrected chi connectivity index (χ4v) is 2.39. The van der Waals surface area contributed by atoms with Crippen molar-refractivity contribution in [3.8, 4) is 0 Å². The zero-order valence-corrected chi connectivity index (χ0v) is 9.29. The van der Waals surface area contributed by atoms with Crippen molar-refractivity contribution in [3.63, 3.8) is 0 Å². The van der Waals surface area contributed by atoms with Gasteiger partial charge < -0.3 is 0 Å². The zero-order valence-electron chi connectivity index (χ0n) is 9.29. The van der Waals surface area contributed by atoms with Crippen molar-refractivity contribution in [3.05, 3.63) is 12.7 Å². The molecule has 0 aromatic rings. The lowest BCUT2D eigenvalue weighted by molar-refractivity contribution is 0.385. The Labute approximate surface area is 82.8 Å². The molecule has 1 unspecified atom stereocenters. The molecule has 0 aromatic heterocycles. The fraction of sp³-hybridized carbons (Fsp3) is 0.833. The summed E-state index contributed by atoms with van der Waals surface area (Å²) in [6.45, 7) is 10.7. The van der Waals surface area contributed by atoms with Gasteiger partial charge in [0.25, 0.3) is 0 Å². The number of hydrogen-bond donors (Lipinski definition) is 0. The topological polar surface area (TPSA) is 3.01 Å². The Hall–Kier alpha value is -0.300. The monoisotopic (exact) mass is 181 g/mol. The summed E-state index contributed by atoms with van der Waals surface area (Å²) in [5, 5.41) is 0. The third kappa shape index (κ3) is 2.57. The molecular weight excluding hydrogens is 158 g/mol. The van der Waals surface area contributed by atoms with E-state index in [9.17, 15) is 0 Å². The van der Waals surface area contributed by atoms with E-state index in [1.165, 1.54) is 25.7 Å². The normalized spacial score (nSPS) is 32.2. The molecule has 3 atom stereocenters. The molecule has 0 saturated carbocycles. The van der Waals surface area contributed by atoms with Crippen LogP contribution in [-0.4, -0.2) is 23.0 Å². The van der Waals surface area contributed by atoms with Crippen LogP contribution in [0, 0.1) is 0 Å². The van der Waals surface area contributed by atoms with E-state index in [1.54, 1.807) is 0 Å². The van der Waals surface area contributed by atoms with E-state index in [0.717, 1.165) is 18.1 Å². The summed E-state index contributed by atoms with van der Waals surface area (Å²) in [6, 6.07) is 2.47. The first kappa shape index (κ1) is 10.8. The Kier molecular flexibility index (Phi) is 3.98. The van der Waals surface area contributed by atoms with Gasteiger partial charge in [0.05, 0.1) is 0 Å². The van der Waals surface area contributed by atoms with Crippen LogP contribution in [0.2, 0.25) is 0 Å². The van der Waals surface area contributed by atoms with Crippen LogP contribution in [0.5, 0.6) is 0 Å². The first-order chi connectivity index (χ1) is 6.22. The van der Waals surface area contributed by atoms with Gasteiger partial charge in [-0.2, -0.15) is 0 Å². The predicted octanol–water partition coefficient (Wildman–Crippen LogP) is 3.21. The molecule has 0 radical (unpaired) electrons. The van der Waals surface area contributed by atoms with Crippen molar-refractivity contribution in [1.82, 2.24) is 4.90 Å². The maximum atomic E-state index is 3.78. The Morgan fingerprint density at radius 3 is 2.38 bits per heavy atom. The van der Waals surface area contributed by atoms with Gasteiger partial charge in [-0.15, -0.1) is 6.58 Å². The average molecular weight is 181 g/mol. The second-order valence-corrected chi connectivity index (χ2v) is 4.33. The molecule has 0 aromatic carbocycles. The molecule has 76 valence electrons. The number of nitrogens with zero attached hydrogens (tertiary/aromatic N) is 1. The molecular formula is C12H23N. The lowest BCUT2D eigenvalue weighted by Crippen LogP contribution is -2.13. The van der Waals surface area contributed by atoms with Gasteiger partial charge in [-0.25, -0.2) is 0 Å². The van der Waals surface area contributed by atoms with Gasteiger partial charge in [0.1, 0.15) is 0 Å². The van der Waals surface area contributed by atoms with Crippen LogP contribution in [0.1, 0.15) is 46.5 Å². The third-order valence-corrected chi connectivity index (χ3v) is 2.97. The summed E-state index contributed by atoms with van der Waals surface area (Å²) in [4.78, 5) is 2.65. The lowest BCUT2D eigenvalue weighted by Gasteiger charge is -2.07. The predicted molar refractivity (Wildman–Crippen MR) is 58.9 cm³/mol. The van der Waals surface area contributed by atoms with Gasteiger partial charge in [0.15, 0.2) is 0 Å². The molecule has 1 heterocycles. The van der Waals surface area contributed by atoms with Crippen molar-refractivity contribution in [2.45, 2.75) is 64.6 Å². The molecule has 0 bridgehead atoms. The van der Waals surface area contributed by atoms with Crippen LogP contribution in [0.15, 0.2) is 12.7 Å². The first-order valence-corrected chi connectivity index (χ1v) is 5.60. The molecule has 13 heavy (non-hydrogen) atoms. The highest BCUT2D eigenvalue weighted by atomic mass is 15.4. The van der Waals surface area contributed by atoms with E-state index >= 15 is 0 Å². The standard InChI is InChI=1S/C12H23N/c1-5-7-9-12-11(8-6-2)13(12)10(3)4/h5,10-12H,1,6-9H2,2-4H3/t11-,12+,13?/m1/s1. The van der Waals surface area contributed by atoms with Crippen molar-refractivity contribution in [2.24, 2.45) is 0 Å². The van der Waals surface area contributed by atoms with Crippen molar-refractivity contribution in [1.29, 1.82) is 0 Å². The highest BCUT2D eigenvalue weighted by molar-refractivity contribution is 5.03. The summed E-state index contributed by atoms with van der Waals surface area (Å²) >= 11 is 0. The largest absolute Gasteiger partial charge is 0.292 e. The van der Waals surface area contributed by atoms with Gasteiger partial charge in [-0.3, -0.25) is 4.90 Å². The Morgan fingerprint density at radius 2 is 1.92 bits per heavy atom. The Morgan fingerprint density at radius 1 is 1.31 bits per heavy atom. The highest BCUT2D eigenvalue weighted by Gasteiger charge is 2.46. The second-order valence-electron chi connectivity index (χ2n) is 4.33. The number of rotatable bonds is 6. The minimum Gasteiger partial charge on any atom is -0.292 e. The number of allylic oxidation sites excluding steroid dienone is 1. The van der Waals surface area contributed by atoms with Crippen LogP contribution in [0.3, 0.4) is 0 Å². The maximum absolute atomic E-state index is 3.78. The lowest BCUT2D eigenvalue weighted by atomic mass is 10.1. The van der Waals surface area contributed by atoms with E-state index in [-0.39, 0.29) is 0 Å². The van der Waals surface area contributed by atoms with Crippen molar-refractivity contribution >= 4 is 0 Å². The van der Waals surface area contributed by atoms with Gasteiger partial charge in [0, 0.05) is 18.1 Å². The van der Waals surface area contributed by atoms with Crippen molar-refractivity contribution in [2.75, 3.05) is 0 Å². The smallest absolute Gasteiger partial charge is 0.0261 e. The van der Waals surface area contributed by atoms with Crippen LogP contribution in [0.25, 0.3) is 0 Å². The fourth-order valence-electron chi connectivity index (χ4n) is 2.39. The van der Waals surface area contributed by atoms with Gasteiger partial charge in [0.2, 0.25) is 0 Å². The Balaban J connectivity index is 2.32. The quantitative estimate of drug-likeness (QED) is 0.449. The molecule has 0 amide bonds. The molecule has 0 aliphatic carbocycles. The summed E-state index contributed by atoms with van der Waals surface area (Å²) in [5.41, 5.74) is 0.